The minimum Gasteiger partial charge on any atom is -0.379 e. The molecule has 110 valence electrons. The first-order chi connectivity index (χ1) is 9.45. The van der Waals surface area contributed by atoms with E-state index in [0.29, 0.717) is 19.4 Å². The Balaban J connectivity index is 1.87. The van der Waals surface area contributed by atoms with Gasteiger partial charge in [0.05, 0.1) is 13.2 Å². The Morgan fingerprint density at radius 2 is 2.00 bits per heavy atom. The monoisotopic (exact) mass is 275 g/mol. The average Bonchev–Trinajstić information content (AvgIpc) is 2.39. The highest BCUT2D eigenvalue weighted by Crippen LogP contribution is 2.22. The first-order valence-electron chi connectivity index (χ1n) is 7.37. The van der Waals surface area contributed by atoms with Crippen molar-refractivity contribution >= 4 is 5.78 Å². The van der Waals surface area contributed by atoms with Gasteiger partial charge in [-0.2, -0.15) is 0 Å². The number of Topliss-reactive ketones (excluding diaryl/α,β-unsaturated/α-hetero) is 1. The van der Waals surface area contributed by atoms with Crippen molar-refractivity contribution < 1.29 is 9.53 Å². The number of carbonyl (C=O) groups excluding carboxylic acids is 1. The van der Waals surface area contributed by atoms with Crippen LogP contribution in [-0.2, 0) is 21.4 Å². The highest BCUT2D eigenvalue weighted by molar-refractivity contribution is 5.81. The number of carbonyl (C=O) groups is 1. The van der Waals surface area contributed by atoms with E-state index in [1.807, 2.05) is 0 Å². The van der Waals surface area contributed by atoms with Gasteiger partial charge in [0.15, 0.2) is 0 Å². The Morgan fingerprint density at radius 1 is 1.30 bits per heavy atom. The predicted octanol–water partition coefficient (Wildman–Crippen LogP) is 2.47. The number of benzene rings is 1. The lowest BCUT2D eigenvalue weighted by molar-refractivity contribution is -0.119. The maximum Gasteiger partial charge on any atom is 0.138 e. The number of morpholine rings is 1. The lowest BCUT2D eigenvalue weighted by Gasteiger charge is -2.23. The van der Waals surface area contributed by atoms with Crippen molar-refractivity contribution in [2.75, 3.05) is 19.8 Å². The zero-order chi connectivity index (χ0) is 14.6. The molecule has 1 aromatic carbocycles. The molecule has 0 radical (unpaired) electrons. The lowest BCUT2D eigenvalue weighted by atomic mass is 9.86. The summed E-state index contributed by atoms with van der Waals surface area (Å²) >= 11 is 0. The summed E-state index contributed by atoms with van der Waals surface area (Å²) in [7, 11) is 0. The quantitative estimate of drug-likeness (QED) is 0.917. The second-order valence-electron chi connectivity index (χ2n) is 6.59. The third-order valence-electron chi connectivity index (χ3n) is 3.69. The van der Waals surface area contributed by atoms with E-state index in [-0.39, 0.29) is 17.2 Å². The minimum absolute atomic E-state index is 0.159. The first kappa shape index (κ1) is 15.2. The van der Waals surface area contributed by atoms with E-state index in [2.05, 4.69) is 50.4 Å². The van der Waals surface area contributed by atoms with Crippen LogP contribution >= 0.6 is 0 Å². The van der Waals surface area contributed by atoms with Crippen LogP contribution in [0.4, 0.5) is 0 Å². The normalized spacial score (nSPS) is 19.9. The second-order valence-corrected chi connectivity index (χ2v) is 6.59. The molecule has 1 unspecified atom stereocenters. The Morgan fingerprint density at radius 3 is 2.55 bits per heavy atom. The molecule has 1 aliphatic rings. The van der Waals surface area contributed by atoms with Gasteiger partial charge in [-0.25, -0.2) is 0 Å². The molecule has 0 aliphatic carbocycles. The van der Waals surface area contributed by atoms with Gasteiger partial charge in [-0.15, -0.1) is 0 Å². The predicted molar refractivity (Wildman–Crippen MR) is 81.1 cm³/mol. The molecule has 1 heterocycles. The summed E-state index contributed by atoms with van der Waals surface area (Å²) in [6.07, 6.45) is 1.07. The Kier molecular flexibility index (Phi) is 4.95. The first-order valence-corrected chi connectivity index (χ1v) is 7.37. The molecule has 0 spiro atoms. The molecule has 0 amide bonds. The summed E-state index contributed by atoms with van der Waals surface area (Å²) in [4.78, 5) is 12.1. The van der Waals surface area contributed by atoms with E-state index in [4.69, 9.17) is 4.74 Å². The van der Waals surface area contributed by atoms with Crippen molar-refractivity contribution in [1.29, 1.82) is 0 Å². The summed E-state index contributed by atoms with van der Waals surface area (Å²) in [5.41, 5.74) is 2.56. The smallest absolute Gasteiger partial charge is 0.138 e. The molecule has 1 N–H and O–H groups in total. The molecule has 1 saturated heterocycles. The number of nitrogens with one attached hydrogen (secondary N) is 1. The van der Waals surface area contributed by atoms with Gasteiger partial charge in [0.25, 0.3) is 0 Å². The fourth-order valence-corrected chi connectivity index (χ4v) is 2.45. The molecule has 1 aliphatic heterocycles. The van der Waals surface area contributed by atoms with Gasteiger partial charge in [-0.05, 0) is 16.5 Å². The fraction of sp³-hybridized carbons (Fsp3) is 0.588. The second kappa shape index (κ2) is 6.51. The Hall–Kier alpha value is -1.19. The number of ether oxygens (including phenoxy) is 1. The van der Waals surface area contributed by atoms with Gasteiger partial charge in [-0.3, -0.25) is 4.79 Å². The number of hydrogen-bond donors (Lipinski definition) is 1. The van der Waals surface area contributed by atoms with Crippen LogP contribution in [0.3, 0.4) is 0 Å². The van der Waals surface area contributed by atoms with E-state index in [0.717, 1.165) is 18.7 Å². The van der Waals surface area contributed by atoms with Gasteiger partial charge in [0.1, 0.15) is 5.78 Å². The summed E-state index contributed by atoms with van der Waals surface area (Å²) in [6, 6.07) is 8.59. The van der Waals surface area contributed by atoms with Crippen LogP contribution in [0, 0.1) is 0 Å². The molecule has 2 rings (SSSR count). The van der Waals surface area contributed by atoms with Crippen LogP contribution in [0.1, 0.15) is 38.3 Å². The zero-order valence-electron chi connectivity index (χ0n) is 12.7. The molecule has 0 saturated carbocycles. The summed E-state index contributed by atoms with van der Waals surface area (Å²) < 4.78 is 5.37. The topological polar surface area (TPSA) is 38.3 Å². The number of hydrogen-bond acceptors (Lipinski definition) is 3. The summed E-state index contributed by atoms with van der Waals surface area (Å²) in [5, 5.41) is 3.32. The van der Waals surface area contributed by atoms with E-state index < -0.39 is 0 Å². The van der Waals surface area contributed by atoms with Crippen LogP contribution in [-0.4, -0.2) is 31.6 Å². The van der Waals surface area contributed by atoms with Gasteiger partial charge in [0, 0.05) is 25.4 Å². The SMILES string of the molecule is CC(C)(C)c1ccc(CC(=O)CC2COCCN2)cc1. The van der Waals surface area contributed by atoms with Crippen LogP contribution in [0.25, 0.3) is 0 Å². The van der Waals surface area contributed by atoms with Crippen molar-refractivity contribution in [3.63, 3.8) is 0 Å². The van der Waals surface area contributed by atoms with Crippen LogP contribution in [0.5, 0.6) is 0 Å². The molecule has 1 fully saturated rings. The molecule has 20 heavy (non-hydrogen) atoms. The van der Waals surface area contributed by atoms with Crippen LogP contribution in [0.15, 0.2) is 24.3 Å². The minimum atomic E-state index is 0.159. The molecule has 3 nitrogen and oxygen atoms in total. The third-order valence-corrected chi connectivity index (χ3v) is 3.69. The maximum absolute atomic E-state index is 12.1. The summed E-state index contributed by atoms with van der Waals surface area (Å²) in [6.45, 7) is 8.83. The lowest BCUT2D eigenvalue weighted by Crippen LogP contribution is -2.42. The molecule has 1 aromatic rings. The molecular formula is C17H25NO2. The van der Waals surface area contributed by atoms with Crippen molar-refractivity contribution in [2.24, 2.45) is 0 Å². The van der Waals surface area contributed by atoms with Crippen LogP contribution < -0.4 is 5.32 Å². The average molecular weight is 275 g/mol. The molecule has 0 bridgehead atoms. The van der Waals surface area contributed by atoms with E-state index in [1.165, 1.54) is 5.56 Å². The van der Waals surface area contributed by atoms with Crippen molar-refractivity contribution in [2.45, 2.75) is 45.1 Å². The third kappa shape index (κ3) is 4.43. The van der Waals surface area contributed by atoms with Gasteiger partial charge in [-0.1, -0.05) is 45.0 Å². The standard InChI is InChI=1S/C17H25NO2/c1-17(2,3)14-6-4-13(5-7-14)10-16(19)11-15-12-20-9-8-18-15/h4-7,15,18H,8-12H2,1-3H3. The zero-order valence-corrected chi connectivity index (χ0v) is 12.7. The maximum atomic E-state index is 12.1. The highest BCUT2D eigenvalue weighted by atomic mass is 16.5. The Labute approximate surface area is 121 Å². The van der Waals surface area contributed by atoms with Crippen molar-refractivity contribution in [1.82, 2.24) is 5.32 Å². The highest BCUT2D eigenvalue weighted by Gasteiger charge is 2.17. The molecule has 0 aromatic heterocycles. The van der Waals surface area contributed by atoms with E-state index in [1.54, 1.807) is 0 Å². The largest absolute Gasteiger partial charge is 0.379 e. The Bertz CT molecular complexity index is 439. The van der Waals surface area contributed by atoms with Gasteiger partial charge >= 0.3 is 0 Å². The van der Waals surface area contributed by atoms with Gasteiger partial charge in [0.2, 0.25) is 0 Å². The van der Waals surface area contributed by atoms with E-state index >= 15 is 0 Å². The van der Waals surface area contributed by atoms with E-state index in [9.17, 15) is 4.79 Å². The molecule has 1 atom stereocenters. The number of ketones is 1. The van der Waals surface area contributed by atoms with Crippen LogP contribution in [0.2, 0.25) is 0 Å². The van der Waals surface area contributed by atoms with Gasteiger partial charge < -0.3 is 10.1 Å². The number of rotatable bonds is 4. The molecular weight excluding hydrogens is 250 g/mol. The van der Waals surface area contributed by atoms with Crippen molar-refractivity contribution in [3.8, 4) is 0 Å². The van der Waals surface area contributed by atoms with Crippen molar-refractivity contribution in [3.05, 3.63) is 35.4 Å². The molecule has 3 heteroatoms. The summed E-state index contributed by atoms with van der Waals surface area (Å²) in [5.74, 6) is 0.275. The fourth-order valence-electron chi connectivity index (χ4n) is 2.45.